The van der Waals surface area contributed by atoms with E-state index in [1.807, 2.05) is 42.5 Å². The number of fused-ring (bicyclic) bond motifs is 3. The molecule has 164 valence electrons. The Balaban J connectivity index is 1.77. The van der Waals surface area contributed by atoms with Gasteiger partial charge < -0.3 is 10.1 Å². The molecule has 0 saturated heterocycles. The molecule has 2 aromatic carbocycles. The Morgan fingerprint density at radius 2 is 1.85 bits per heavy atom. The van der Waals surface area contributed by atoms with E-state index in [1.165, 1.54) is 18.6 Å². The monoisotopic (exact) mass is 439 g/mol. The van der Waals surface area contributed by atoms with E-state index < -0.39 is 5.56 Å². The van der Waals surface area contributed by atoms with Crippen LogP contribution in [-0.2, 0) is 0 Å². The van der Waals surface area contributed by atoms with Crippen molar-refractivity contribution in [2.24, 2.45) is 0 Å². The van der Waals surface area contributed by atoms with Gasteiger partial charge in [0.05, 0.1) is 18.8 Å². The van der Waals surface area contributed by atoms with Crippen molar-refractivity contribution in [2.75, 3.05) is 12.4 Å². The van der Waals surface area contributed by atoms with Gasteiger partial charge >= 0.3 is 0 Å². The summed E-state index contributed by atoms with van der Waals surface area (Å²) >= 11 is 0. The van der Waals surface area contributed by atoms with Crippen LogP contribution in [0.4, 0.5) is 11.6 Å². The maximum atomic E-state index is 12.4. The van der Waals surface area contributed by atoms with Gasteiger partial charge in [-0.05, 0) is 41.8 Å². The molecule has 3 aromatic heterocycles. The highest BCUT2D eigenvalue weighted by molar-refractivity contribution is 5.95. The molecule has 5 rings (SSSR count). The number of nitrogens with zero attached hydrogens (tertiary/aromatic N) is 6. The summed E-state index contributed by atoms with van der Waals surface area (Å²) in [5, 5.41) is 8.64. The average Bonchev–Trinajstić information content (AvgIpc) is 3.19. The Kier molecular flexibility index (Phi) is 5.14. The molecule has 0 radical (unpaired) electrons. The third-order valence-corrected chi connectivity index (χ3v) is 5.33. The lowest BCUT2D eigenvalue weighted by molar-refractivity contribution is 0.415. The third kappa shape index (κ3) is 3.73. The minimum absolute atomic E-state index is 0.191. The van der Waals surface area contributed by atoms with E-state index in [0.717, 1.165) is 27.8 Å². The van der Waals surface area contributed by atoms with Gasteiger partial charge in [0.1, 0.15) is 11.4 Å². The minimum Gasteiger partial charge on any atom is -0.497 e. The maximum Gasteiger partial charge on any atom is 0.295 e. The highest BCUT2D eigenvalue weighted by Gasteiger charge is 2.18. The molecule has 5 aromatic rings. The van der Waals surface area contributed by atoms with Gasteiger partial charge in [-0.2, -0.15) is 4.52 Å². The van der Waals surface area contributed by atoms with Gasteiger partial charge in [0.15, 0.2) is 11.5 Å². The summed E-state index contributed by atoms with van der Waals surface area (Å²) in [7, 11) is 1.62. The molecule has 0 unspecified atom stereocenters. The standard InChI is InChI=1S/C24H21N7O2/c1-14(2)17-5-4-6-18-20(17)28-24(27-19-13-25-11-12-26-23(19)32)31-22(18)29-21(30-31)15-7-9-16(33-3)10-8-15/h4-14H,1-3H3,(H,26,27,28,32). The number of anilines is 2. The van der Waals surface area contributed by atoms with Gasteiger partial charge in [-0.25, -0.2) is 15.0 Å². The van der Waals surface area contributed by atoms with E-state index in [9.17, 15) is 4.79 Å². The first kappa shape index (κ1) is 20.5. The predicted octanol–water partition coefficient (Wildman–Crippen LogP) is 3.97. The number of rotatable bonds is 5. The second-order valence-electron chi connectivity index (χ2n) is 7.78. The van der Waals surface area contributed by atoms with Crippen LogP contribution in [0.2, 0.25) is 0 Å². The number of para-hydroxylation sites is 1. The summed E-state index contributed by atoms with van der Waals surface area (Å²) in [6, 6.07) is 13.5. The zero-order chi connectivity index (χ0) is 22.9. The van der Waals surface area contributed by atoms with Crippen LogP contribution in [0, 0.1) is 0 Å². The van der Waals surface area contributed by atoms with Crippen molar-refractivity contribution < 1.29 is 4.74 Å². The van der Waals surface area contributed by atoms with Crippen molar-refractivity contribution in [3.8, 4) is 17.1 Å². The van der Waals surface area contributed by atoms with Crippen LogP contribution in [0.5, 0.6) is 5.75 Å². The number of aromatic nitrogens is 6. The fourth-order valence-corrected chi connectivity index (χ4v) is 3.65. The van der Waals surface area contributed by atoms with E-state index in [4.69, 9.17) is 19.8 Å². The first-order valence-corrected chi connectivity index (χ1v) is 10.5. The summed E-state index contributed by atoms with van der Waals surface area (Å²) in [5.74, 6) is 1.87. The van der Waals surface area contributed by atoms with Gasteiger partial charge in [0, 0.05) is 23.3 Å². The number of benzene rings is 2. The molecule has 0 aliphatic heterocycles. The smallest absolute Gasteiger partial charge is 0.295 e. The molecule has 3 heterocycles. The quantitative estimate of drug-likeness (QED) is 0.438. The first-order chi connectivity index (χ1) is 16.0. The zero-order valence-corrected chi connectivity index (χ0v) is 18.4. The van der Waals surface area contributed by atoms with Gasteiger partial charge in [0.25, 0.3) is 5.56 Å². The highest BCUT2D eigenvalue weighted by Crippen LogP contribution is 2.30. The largest absolute Gasteiger partial charge is 0.497 e. The molecule has 0 saturated carbocycles. The van der Waals surface area contributed by atoms with E-state index in [0.29, 0.717) is 17.4 Å². The van der Waals surface area contributed by atoms with Crippen molar-refractivity contribution in [3.05, 3.63) is 77.0 Å². The lowest BCUT2D eigenvalue weighted by Gasteiger charge is -2.12. The van der Waals surface area contributed by atoms with E-state index in [1.54, 1.807) is 11.6 Å². The van der Waals surface area contributed by atoms with Crippen LogP contribution < -0.4 is 15.6 Å². The molecule has 1 N–H and O–H groups in total. The Morgan fingerprint density at radius 3 is 2.61 bits per heavy atom. The fourth-order valence-electron chi connectivity index (χ4n) is 3.65. The fraction of sp³-hybridized carbons (Fsp3) is 0.167. The lowest BCUT2D eigenvalue weighted by atomic mass is 10.0. The van der Waals surface area contributed by atoms with Crippen LogP contribution >= 0.6 is 0 Å². The molecule has 0 bridgehead atoms. The van der Waals surface area contributed by atoms with Gasteiger partial charge in [-0.15, -0.1) is 5.10 Å². The van der Waals surface area contributed by atoms with E-state index >= 15 is 0 Å². The molecule has 0 aliphatic carbocycles. The van der Waals surface area contributed by atoms with Gasteiger partial charge in [0.2, 0.25) is 5.95 Å². The molecule has 0 spiro atoms. The molecular weight excluding hydrogens is 418 g/mol. The van der Waals surface area contributed by atoms with Crippen LogP contribution in [0.1, 0.15) is 25.3 Å². The highest BCUT2D eigenvalue weighted by atomic mass is 16.5. The lowest BCUT2D eigenvalue weighted by Crippen LogP contribution is -2.12. The van der Waals surface area contributed by atoms with E-state index in [-0.39, 0.29) is 11.6 Å². The molecule has 0 aliphatic rings. The summed E-state index contributed by atoms with van der Waals surface area (Å²) in [4.78, 5) is 29.9. The zero-order valence-electron chi connectivity index (χ0n) is 18.4. The number of methoxy groups -OCH3 is 1. The Hall–Kier alpha value is -4.40. The topological polar surface area (TPSA) is 107 Å². The molecule has 0 atom stereocenters. The summed E-state index contributed by atoms with van der Waals surface area (Å²) in [6.45, 7) is 4.22. The van der Waals surface area contributed by atoms with Crippen molar-refractivity contribution in [1.29, 1.82) is 0 Å². The second-order valence-corrected chi connectivity index (χ2v) is 7.78. The normalized spacial score (nSPS) is 11.3. The average molecular weight is 439 g/mol. The van der Waals surface area contributed by atoms with Crippen molar-refractivity contribution >= 4 is 28.2 Å². The maximum absolute atomic E-state index is 12.4. The molecule has 0 amide bonds. The van der Waals surface area contributed by atoms with Crippen LogP contribution in [0.15, 0.2) is 65.8 Å². The number of nitrogens with one attached hydrogen (secondary N) is 1. The Bertz CT molecular complexity index is 1530. The second kappa shape index (κ2) is 8.27. The van der Waals surface area contributed by atoms with Crippen LogP contribution in [-0.4, -0.2) is 36.7 Å². The number of hydrogen-bond donors (Lipinski definition) is 1. The van der Waals surface area contributed by atoms with Gasteiger partial charge in [-0.3, -0.25) is 9.78 Å². The first-order valence-electron chi connectivity index (χ1n) is 10.5. The minimum atomic E-state index is -0.449. The van der Waals surface area contributed by atoms with Crippen LogP contribution in [0.25, 0.3) is 27.9 Å². The van der Waals surface area contributed by atoms with Gasteiger partial charge in [-0.1, -0.05) is 26.0 Å². The Labute approximate surface area is 189 Å². The van der Waals surface area contributed by atoms with Crippen LogP contribution in [0.3, 0.4) is 0 Å². The summed E-state index contributed by atoms with van der Waals surface area (Å²) in [5.41, 5.74) is 3.07. The molecular formula is C24H21N7O2. The number of hydrogen-bond acceptors (Lipinski definition) is 8. The summed E-state index contributed by atoms with van der Waals surface area (Å²) in [6.07, 6.45) is 4.22. The molecule has 33 heavy (non-hydrogen) atoms. The third-order valence-electron chi connectivity index (χ3n) is 5.33. The predicted molar refractivity (Wildman–Crippen MR) is 126 cm³/mol. The van der Waals surface area contributed by atoms with Crippen molar-refractivity contribution in [3.63, 3.8) is 0 Å². The van der Waals surface area contributed by atoms with Crippen molar-refractivity contribution in [2.45, 2.75) is 19.8 Å². The summed E-state index contributed by atoms with van der Waals surface area (Å²) < 4.78 is 6.86. The molecule has 9 heteroatoms. The number of ether oxygens (including phenoxy) is 1. The van der Waals surface area contributed by atoms with Crippen molar-refractivity contribution in [1.82, 2.24) is 29.5 Å². The molecule has 0 fully saturated rings. The SMILES string of the molecule is COc1ccc(-c2nc3c4cccc(C(C)C)c4nc(Nc4cnccnc4=O)n3n2)cc1. The van der Waals surface area contributed by atoms with E-state index in [2.05, 4.69) is 29.1 Å². The Morgan fingerprint density at radius 1 is 1.03 bits per heavy atom. The molecule has 9 nitrogen and oxygen atoms in total.